The highest BCUT2D eigenvalue weighted by Gasteiger charge is 2.11. The standard InChI is InChI=1S/C17H19NO/c1-3-11-18-15-9-10-16(13(2)12-15)17(19)14-7-5-4-6-8-14/h4-10,12,18H,3,11H2,1-2H3. The molecule has 0 amide bonds. The summed E-state index contributed by atoms with van der Waals surface area (Å²) in [6, 6.07) is 15.3. The third-order valence-corrected chi connectivity index (χ3v) is 3.09. The van der Waals surface area contributed by atoms with Crippen LogP contribution >= 0.6 is 0 Å². The van der Waals surface area contributed by atoms with Gasteiger partial charge in [-0.1, -0.05) is 37.3 Å². The number of hydrogen-bond acceptors (Lipinski definition) is 2. The van der Waals surface area contributed by atoms with Gasteiger partial charge in [-0.2, -0.15) is 0 Å². The van der Waals surface area contributed by atoms with Gasteiger partial charge in [0.2, 0.25) is 0 Å². The maximum Gasteiger partial charge on any atom is 0.193 e. The van der Waals surface area contributed by atoms with E-state index < -0.39 is 0 Å². The molecule has 2 heteroatoms. The highest BCUT2D eigenvalue weighted by atomic mass is 16.1. The maximum atomic E-state index is 12.4. The Morgan fingerprint density at radius 3 is 2.47 bits per heavy atom. The lowest BCUT2D eigenvalue weighted by Gasteiger charge is -2.09. The predicted octanol–water partition coefficient (Wildman–Crippen LogP) is 4.05. The number of anilines is 1. The normalized spacial score (nSPS) is 10.2. The average molecular weight is 253 g/mol. The highest BCUT2D eigenvalue weighted by Crippen LogP contribution is 2.18. The van der Waals surface area contributed by atoms with Gasteiger partial charge in [-0.15, -0.1) is 0 Å². The summed E-state index contributed by atoms with van der Waals surface area (Å²) >= 11 is 0. The monoisotopic (exact) mass is 253 g/mol. The molecule has 0 unspecified atom stereocenters. The second-order valence-corrected chi connectivity index (χ2v) is 4.65. The van der Waals surface area contributed by atoms with Crippen LogP contribution in [0.4, 0.5) is 5.69 Å². The van der Waals surface area contributed by atoms with Crippen molar-refractivity contribution in [3.8, 4) is 0 Å². The van der Waals surface area contributed by atoms with E-state index in [2.05, 4.69) is 12.2 Å². The van der Waals surface area contributed by atoms with Crippen molar-refractivity contribution in [2.75, 3.05) is 11.9 Å². The van der Waals surface area contributed by atoms with Gasteiger partial charge < -0.3 is 5.32 Å². The van der Waals surface area contributed by atoms with Gasteiger partial charge in [0.15, 0.2) is 5.78 Å². The molecule has 1 N–H and O–H groups in total. The molecule has 2 aromatic carbocycles. The summed E-state index contributed by atoms with van der Waals surface area (Å²) in [4.78, 5) is 12.4. The van der Waals surface area contributed by atoms with Crippen molar-refractivity contribution in [2.24, 2.45) is 0 Å². The van der Waals surface area contributed by atoms with Crippen molar-refractivity contribution in [2.45, 2.75) is 20.3 Å². The summed E-state index contributed by atoms with van der Waals surface area (Å²) < 4.78 is 0. The van der Waals surface area contributed by atoms with Crippen LogP contribution in [0.25, 0.3) is 0 Å². The molecule has 19 heavy (non-hydrogen) atoms. The Kier molecular flexibility index (Phi) is 4.35. The van der Waals surface area contributed by atoms with Gasteiger partial charge in [-0.25, -0.2) is 0 Å². The van der Waals surface area contributed by atoms with E-state index in [1.54, 1.807) is 0 Å². The molecule has 98 valence electrons. The van der Waals surface area contributed by atoms with Crippen LogP contribution in [-0.2, 0) is 0 Å². The molecule has 0 aliphatic carbocycles. The number of ketones is 1. The molecule has 0 heterocycles. The first-order valence-electron chi connectivity index (χ1n) is 6.66. The Balaban J connectivity index is 2.24. The average Bonchev–Trinajstić information content (AvgIpc) is 2.45. The van der Waals surface area contributed by atoms with Gasteiger partial charge in [0, 0.05) is 23.4 Å². The van der Waals surface area contributed by atoms with Crippen LogP contribution in [0.2, 0.25) is 0 Å². The first-order chi connectivity index (χ1) is 9.22. The lowest BCUT2D eigenvalue weighted by atomic mass is 9.98. The molecule has 0 aromatic heterocycles. The fraction of sp³-hybridized carbons (Fsp3) is 0.235. The van der Waals surface area contributed by atoms with Gasteiger partial charge in [0.25, 0.3) is 0 Å². The van der Waals surface area contributed by atoms with Crippen LogP contribution in [0.5, 0.6) is 0 Å². The summed E-state index contributed by atoms with van der Waals surface area (Å²) in [5, 5.41) is 3.33. The molecule has 0 saturated heterocycles. The zero-order valence-corrected chi connectivity index (χ0v) is 11.4. The minimum atomic E-state index is 0.0835. The minimum Gasteiger partial charge on any atom is -0.385 e. The molecule has 0 spiro atoms. The third kappa shape index (κ3) is 3.22. The quantitative estimate of drug-likeness (QED) is 0.814. The second kappa shape index (κ2) is 6.19. The van der Waals surface area contributed by atoms with Gasteiger partial charge in [0.05, 0.1) is 0 Å². The summed E-state index contributed by atoms with van der Waals surface area (Å²) in [5.41, 5.74) is 3.59. The fourth-order valence-electron chi connectivity index (χ4n) is 2.04. The lowest BCUT2D eigenvalue weighted by molar-refractivity contribution is 0.103. The number of rotatable bonds is 5. The molecule has 2 nitrogen and oxygen atoms in total. The van der Waals surface area contributed by atoms with E-state index >= 15 is 0 Å². The van der Waals surface area contributed by atoms with E-state index in [4.69, 9.17) is 0 Å². The Labute approximate surface area is 114 Å². The lowest BCUT2D eigenvalue weighted by Crippen LogP contribution is -2.05. The van der Waals surface area contributed by atoms with Crippen molar-refractivity contribution in [1.29, 1.82) is 0 Å². The predicted molar refractivity (Wildman–Crippen MR) is 79.8 cm³/mol. The van der Waals surface area contributed by atoms with E-state index in [0.717, 1.165) is 35.3 Å². The number of hydrogen-bond donors (Lipinski definition) is 1. The molecule has 0 saturated carbocycles. The van der Waals surface area contributed by atoms with Crippen molar-refractivity contribution in [3.05, 3.63) is 65.2 Å². The van der Waals surface area contributed by atoms with Crippen LogP contribution < -0.4 is 5.32 Å². The first-order valence-corrected chi connectivity index (χ1v) is 6.66. The Bertz CT molecular complexity index is 561. The number of carbonyl (C=O) groups excluding carboxylic acids is 1. The molecule has 2 aromatic rings. The number of aryl methyl sites for hydroxylation is 1. The molecular formula is C17H19NO. The van der Waals surface area contributed by atoms with Crippen LogP contribution in [-0.4, -0.2) is 12.3 Å². The zero-order valence-electron chi connectivity index (χ0n) is 11.4. The van der Waals surface area contributed by atoms with Crippen LogP contribution in [0.15, 0.2) is 48.5 Å². The molecule has 0 atom stereocenters. The molecule has 0 aliphatic rings. The van der Waals surface area contributed by atoms with Crippen molar-refractivity contribution in [3.63, 3.8) is 0 Å². The SMILES string of the molecule is CCCNc1ccc(C(=O)c2ccccc2)c(C)c1. The molecular weight excluding hydrogens is 234 g/mol. The molecule has 2 rings (SSSR count). The topological polar surface area (TPSA) is 29.1 Å². The number of carbonyl (C=O) groups is 1. The van der Waals surface area contributed by atoms with E-state index in [9.17, 15) is 4.79 Å². The first kappa shape index (κ1) is 13.3. The summed E-state index contributed by atoms with van der Waals surface area (Å²) in [7, 11) is 0. The van der Waals surface area contributed by atoms with Crippen LogP contribution in [0.1, 0.15) is 34.8 Å². The smallest absolute Gasteiger partial charge is 0.193 e. The van der Waals surface area contributed by atoms with E-state index in [-0.39, 0.29) is 5.78 Å². The van der Waals surface area contributed by atoms with Crippen molar-refractivity contribution >= 4 is 11.5 Å². The second-order valence-electron chi connectivity index (χ2n) is 4.65. The van der Waals surface area contributed by atoms with Gasteiger partial charge in [-0.3, -0.25) is 4.79 Å². The number of nitrogens with one attached hydrogen (secondary N) is 1. The van der Waals surface area contributed by atoms with Crippen LogP contribution in [0.3, 0.4) is 0 Å². The van der Waals surface area contributed by atoms with Crippen molar-refractivity contribution < 1.29 is 4.79 Å². The molecule has 0 radical (unpaired) electrons. The van der Waals surface area contributed by atoms with Gasteiger partial charge >= 0.3 is 0 Å². The molecule has 0 fully saturated rings. The maximum absolute atomic E-state index is 12.4. The summed E-state index contributed by atoms with van der Waals surface area (Å²) in [5.74, 6) is 0.0835. The summed E-state index contributed by atoms with van der Waals surface area (Å²) in [6.45, 7) is 5.06. The van der Waals surface area contributed by atoms with Gasteiger partial charge in [-0.05, 0) is 37.1 Å². The fourth-order valence-corrected chi connectivity index (χ4v) is 2.04. The largest absolute Gasteiger partial charge is 0.385 e. The van der Waals surface area contributed by atoms with Crippen LogP contribution in [0, 0.1) is 6.92 Å². The Morgan fingerprint density at radius 2 is 1.84 bits per heavy atom. The summed E-state index contributed by atoms with van der Waals surface area (Å²) in [6.07, 6.45) is 1.09. The molecule has 0 bridgehead atoms. The highest BCUT2D eigenvalue weighted by molar-refractivity contribution is 6.10. The van der Waals surface area contributed by atoms with E-state index in [1.807, 2.05) is 55.5 Å². The Hall–Kier alpha value is -2.09. The van der Waals surface area contributed by atoms with E-state index in [1.165, 1.54) is 0 Å². The van der Waals surface area contributed by atoms with Gasteiger partial charge in [0.1, 0.15) is 0 Å². The minimum absolute atomic E-state index is 0.0835. The molecule has 0 aliphatic heterocycles. The van der Waals surface area contributed by atoms with Crippen molar-refractivity contribution in [1.82, 2.24) is 0 Å². The van der Waals surface area contributed by atoms with E-state index in [0.29, 0.717) is 0 Å². The zero-order chi connectivity index (χ0) is 13.7. The number of benzene rings is 2. The third-order valence-electron chi connectivity index (χ3n) is 3.09. The Morgan fingerprint density at radius 1 is 1.11 bits per heavy atom.